The number of rotatable bonds is 4. The first-order chi connectivity index (χ1) is 26.5. The van der Waals surface area contributed by atoms with E-state index in [0.29, 0.717) is 68.0 Å². The molecular formula is C40H44Cl4N8O4. The topological polar surface area (TPSA) is 177 Å². The van der Waals surface area contributed by atoms with Crippen molar-refractivity contribution in [2.75, 3.05) is 35.2 Å². The Kier molecular flexibility index (Phi) is 14.1. The molecule has 12 nitrogen and oxygen atoms in total. The predicted molar refractivity (Wildman–Crippen MR) is 223 cm³/mol. The number of carbonyl (C=O) groups is 4. The molecule has 4 aromatic rings. The highest BCUT2D eigenvalue weighted by molar-refractivity contribution is 6.40. The van der Waals surface area contributed by atoms with E-state index in [1.807, 2.05) is 0 Å². The molecule has 2 fully saturated rings. The first kappa shape index (κ1) is 42.5. The molecule has 0 saturated carbocycles. The Morgan fingerprint density at radius 2 is 0.929 bits per heavy atom. The van der Waals surface area contributed by atoms with Crippen LogP contribution in [0.5, 0.6) is 0 Å². The van der Waals surface area contributed by atoms with Gasteiger partial charge in [0.25, 0.3) is 0 Å². The smallest absolute Gasteiger partial charge is 0.313 e. The molecule has 2 saturated heterocycles. The zero-order chi connectivity index (χ0) is 40.8. The lowest BCUT2D eigenvalue weighted by molar-refractivity contribution is -0.146. The van der Waals surface area contributed by atoms with Crippen molar-refractivity contribution in [1.29, 1.82) is 0 Å². The third-order valence-electron chi connectivity index (χ3n) is 9.84. The number of halogens is 4. The minimum absolute atomic E-state index is 0.253. The van der Waals surface area contributed by atoms with Crippen LogP contribution in [0, 0.1) is 25.7 Å². The molecule has 4 amide bonds. The van der Waals surface area contributed by atoms with Gasteiger partial charge in [-0.15, -0.1) is 0 Å². The number of hydrogen-bond donors (Lipinski definition) is 4. The predicted octanol–water partition coefficient (Wildman–Crippen LogP) is 8.43. The molecule has 2 aliphatic heterocycles. The van der Waals surface area contributed by atoms with Crippen molar-refractivity contribution in [2.45, 2.75) is 65.5 Å². The van der Waals surface area contributed by atoms with Crippen molar-refractivity contribution in [3.63, 3.8) is 0 Å². The summed E-state index contributed by atoms with van der Waals surface area (Å²) < 4.78 is 0. The normalized spacial score (nSPS) is 19.4. The molecule has 0 spiro atoms. The van der Waals surface area contributed by atoms with Gasteiger partial charge in [-0.2, -0.15) is 0 Å². The summed E-state index contributed by atoms with van der Waals surface area (Å²) in [6.07, 6.45) is 6.22. The number of nitrogens with zero attached hydrogens (tertiary/aromatic N) is 4. The van der Waals surface area contributed by atoms with E-state index in [-0.39, 0.29) is 12.1 Å². The zero-order valence-corrected chi connectivity index (χ0v) is 34.4. The molecule has 4 atom stereocenters. The van der Waals surface area contributed by atoms with Crippen LogP contribution >= 0.6 is 46.4 Å². The molecule has 2 aromatic heterocycles. The van der Waals surface area contributed by atoms with Crippen LogP contribution in [-0.2, 0) is 19.2 Å². The molecule has 2 aromatic carbocycles. The van der Waals surface area contributed by atoms with Gasteiger partial charge < -0.3 is 31.9 Å². The van der Waals surface area contributed by atoms with Crippen LogP contribution in [0.2, 0.25) is 20.1 Å². The number of aryl methyl sites for hydroxylation is 2. The number of likely N-dealkylation sites (tertiary alicyclic amines) is 2. The first-order valence-electron chi connectivity index (χ1n) is 18.1. The number of aromatic nitrogens is 2. The Labute approximate surface area is 346 Å². The number of nitrogens with two attached hydrogens (primary N) is 2. The minimum Gasteiger partial charge on any atom is -0.383 e. The maximum atomic E-state index is 13.0. The minimum atomic E-state index is -0.710. The lowest BCUT2D eigenvalue weighted by Gasteiger charge is -2.38. The molecule has 0 unspecified atom stereocenters. The number of hydrogen-bond acceptors (Lipinski definition) is 8. The van der Waals surface area contributed by atoms with E-state index in [2.05, 4.69) is 34.4 Å². The van der Waals surface area contributed by atoms with Crippen LogP contribution in [-0.4, -0.2) is 56.5 Å². The summed E-state index contributed by atoms with van der Waals surface area (Å²) in [5, 5.41) is 7.24. The SMILES string of the molecule is Cc1cc(NC(=O)C(=O)N2C[C@@H](C)CC[C@@H]2c2cc(Cl)cc(Cl)c2)cnc1N.Cc1cc(NC(=O)C(=O)N2C[C@H](C)CC[C@H]2c2cc(Cl)cc(Cl)c2)cnc1N. The maximum Gasteiger partial charge on any atom is 0.313 e. The monoisotopic (exact) mass is 840 g/mol. The van der Waals surface area contributed by atoms with Gasteiger partial charge in [0.1, 0.15) is 11.6 Å². The Hall–Kier alpha value is -4.62. The van der Waals surface area contributed by atoms with Crippen molar-refractivity contribution in [2.24, 2.45) is 11.8 Å². The molecule has 296 valence electrons. The van der Waals surface area contributed by atoms with Crippen molar-refractivity contribution >= 4 is 93.0 Å². The van der Waals surface area contributed by atoms with Crippen LogP contribution in [0.1, 0.15) is 73.9 Å². The summed E-state index contributed by atoms with van der Waals surface area (Å²) in [7, 11) is 0. The molecule has 6 rings (SSSR count). The van der Waals surface area contributed by atoms with Gasteiger partial charge in [-0.25, -0.2) is 9.97 Å². The van der Waals surface area contributed by atoms with E-state index >= 15 is 0 Å². The highest BCUT2D eigenvalue weighted by Crippen LogP contribution is 2.37. The lowest BCUT2D eigenvalue weighted by Crippen LogP contribution is -2.46. The van der Waals surface area contributed by atoms with Gasteiger partial charge in [0.15, 0.2) is 0 Å². The van der Waals surface area contributed by atoms with E-state index in [0.717, 1.165) is 47.9 Å². The van der Waals surface area contributed by atoms with E-state index in [9.17, 15) is 19.2 Å². The van der Waals surface area contributed by atoms with Gasteiger partial charge in [0, 0.05) is 33.2 Å². The number of amides is 4. The standard InChI is InChI=1S/2C20H22Cl2N4O2/c2*1-11-3-4-17(13-6-14(21)8-15(22)7-13)26(10-11)20(28)19(27)25-16-5-12(2)18(23)24-9-16/h2*5-9,11,17H,3-4,10H2,1-2H3,(H2,23,24)(H,25,27)/t2*11-,17+/m10/s1. The number of nitrogens with one attached hydrogen (secondary N) is 2. The molecule has 4 heterocycles. The van der Waals surface area contributed by atoms with Crippen molar-refractivity contribution in [1.82, 2.24) is 19.8 Å². The highest BCUT2D eigenvalue weighted by atomic mass is 35.5. The number of pyridine rings is 2. The molecular weight excluding hydrogens is 798 g/mol. The number of nitrogen functional groups attached to an aromatic ring is 2. The quantitative estimate of drug-likeness (QED) is 0.148. The van der Waals surface area contributed by atoms with E-state index < -0.39 is 23.6 Å². The van der Waals surface area contributed by atoms with Gasteiger partial charge in [-0.3, -0.25) is 19.2 Å². The van der Waals surface area contributed by atoms with Crippen LogP contribution in [0.4, 0.5) is 23.0 Å². The summed E-state index contributed by atoms with van der Waals surface area (Å²) in [6, 6.07) is 13.3. The van der Waals surface area contributed by atoms with Gasteiger partial charge in [-0.05, 0) is 122 Å². The Balaban J connectivity index is 0.000000214. The Bertz CT molecular complexity index is 1950. The van der Waals surface area contributed by atoms with Crippen molar-refractivity contribution in [3.05, 3.63) is 103 Å². The molecule has 56 heavy (non-hydrogen) atoms. The largest absolute Gasteiger partial charge is 0.383 e. The van der Waals surface area contributed by atoms with Gasteiger partial charge in [0.05, 0.1) is 35.9 Å². The van der Waals surface area contributed by atoms with Crippen molar-refractivity contribution in [3.8, 4) is 0 Å². The fraction of sp³-hybridized carbons (Fsp3) is 0.350. The number of piperidine rings is 2. The second-order valence-corrected chi connectivity index (χ2v) is 16.2. The third-order valence-corrected chi connectivity index (χ3v) is 10.7. The average molecular weight is 843 g/mol. The molecule has 16 heteroatoms. The summed E-state index contributed by atoms with van der Waals surface area (Å²) in [5.74, 6) is -1.26. The number of carbonyl (C=O) groups excluding carboxylic acids is 4. The fourth-order valence-corrected chi connectivity index (χ4v) is 8.01. The second kappa shape index (κ2) is 18.5. The van der Waals surface area contributed by atoms with Crippen LogP contribution in [0.25, 0.3) is 0 Å². The average Bonchev–Trinajstić information content (AvgIpc) is 3.13. The maximum absolute atomic E-state index is 13.0. The Morgan fingerprint density at radius 1 is 0.589 bits per heavy atom. The van der Waals surface area contributed by atoms with Gasteiger partial charge in [0.2, 0.25) is 0 Å². The number of benzene rings is 2. The molecule has 0 bridgehead atoms. The van der Waals surface area contributed by atoms with Crippen LogP contribution in [0.15, 0.2) is 60.9 Å². The first-order valence-corrected chi connectivity index (χ1v) is 19.6. The summed E-state index contributed by atoms with van der Waals surface area (Å²) in [4.78, 5) is 62.3. The molecule has 2 aliphatic rings. The highest BCUT2D eigenvalue weighted by Gasteiger charge is 2.36. The fourth-order valence-electron chi connectivity index (χ4n) is 6.92. The van der Waals surface area contributed by atoms with E-state index in [1.165, 1.54) is 12.4 Å². The number of anilines is 4. The Morgan fingerprint density at radius 3 is 1.25 bits per heavy atom. The molecule has 0 radical (unpaired) electrons. The van der Waals surface area contributed by atoms with Crippen molar-refractivity contribution < 1.29 is 19.2 Å². The molecule has 0 aliphatic carbocycles. The van der Waals surface area contributed by atoms with E-state index in [4.69, 9.17) is 57.9 Å². The van der Waals surface area contributed by atoms with Gasteiger partial charge in [-0.1, -0.05) is 60.3 Å². The summed E-state index contributed by atoms with van der Waals surface area (Å²) >= 11 is 24.6. The van der Waals surface area contributed by atoms with E-state index in [1.54, 1.807) is 72.2 Å². The third kappa shape index (κ3) is 10.8. The van der Waals surface area contributed by atoms with Crippen LogP contribution in [0.3, 0.4) is 0 Å². The summed E-state index contributed by atoms with van der Waals surface area (Å²) in [5.41, 5.74) is 15.4. The van der Waals surface area contributed by atoms with Crippen LogP contribution < -0.4 is 22.1 Å². The second-order valence-electron chi connectivity index (χ2n) is 14.5. The summed E-state index contributed by atoms with van der Waals surface area (Å²) in [6.45, 7) is 8.66. The lowest BCUT2D eigenvalue weighted by atomic mass is 9.90. The zero-order valence-electron chi connectivity index (χ0n) is 31.4. The molecule has 6 N–H and O–H groups in total. The van der Waals surface area contributed by atoms with Gasteiger partial charge >= 0.3 is 23.6 Å².